The summed E-state index contributed by atoms with van der Waals surface area (Å²) in [4.78, 5) is 28.6. The van der Waals surface area contributed by atoms with Crippen LogP contribution in [0.3, 0.4) is 0 Å². The first-order chi connectivity index (χ1) is 14.6. The molecule has 2 aliphatic heterocycles. The summed E-state index contributed by atoms with van der Waals surface area (Å²) in [5.41, 5.74) is 2.79. The van der Waals surface area contributed by atoms with E-state index in [4.69, 9.17) is 9.47 Å². The minimum atomic E-state index is -3.29. The lowest BCUT2D eigenvalue weighted by atomic mass is 10.0. The van der Waals surface area contributed by atoms with E-state index in [1.54, 1.807) is 40.1 Å². The molecule has 0 radical (unpaired) electrons. The molecule has 0 unspecified atom stereocenters. The molecule has 164 valence electrons. The van der Waals surface area contributed by atoms with Crippen molar-refractivity contribution in [1.29, 1.82) is 0 Å². The number of hydrogen-bond acceptors (Lipinski definition) is 6. The van der Waals surface area contributed by atoms with Crippen molar-refractivity contribution in [1.82, 2.24) is 0 Å². The minimum Gasteiger partial charge on any atom is -0.441 e. The molecule has 4 rings (SSSR count). The number of sulfone groups is 1. The summed E-state index contributed by atoms with van der Waals surface area (Å²) in [6.07, 6.45) is 0.424. The Labute approximate surface area is 181 Å². The average molecular weight is 445 g/mol. The van der Waals surface area contributed by atoms with Crippen molar-refractivity contribution < 1.29 is 27.5 Å². The van der Waals surface area contributed by atoms with Gasteiger partial charge in [0.05, 0.1) is 35.5 Å². The molecule has 1 atom stereocenters. The lowest BCUT2D eigenvalue weighted by Crippen LogP contribution is -2.53. The maximum Gasteiger partial charge on any atom is 0.414 e. The molecule has 8 nitrogen and oxygen atoms in total. The van der Waals surface area contributed by atoms with Crippen molar-refractivity contribution >= 4 is 33.2 Å². The largest absolute Gasteiger partial charge is 0.441 e. The average Bonchev–Trinajstić information content (AvgIpc) is 2.68. The molecule has 2 aromatic rings. The van der Waals surface area contributed by atoms with Gasteiger partial charge in [0.2, 0.25) is 5.91 Å². The number of ether oxygens (including phenoxy) is 2. The first-order valence-electron chi connectivity index (χ1n) is 9.95. The van der Waals surface area contributed by atoms with Crippen LogP contribution in [-0.2, 0) is 24.1 Å². The van der Waals surface area contributed by atoms with Gasteiger partial charge in [0, 0.05) is 19.7 Å². The van der Waals surface area contributed by atoms with E-state index in [-0.39, 0.29) is 22.9 Å². The number of carbonyl (C=O) groups is 2. The number of benzene rings is 2. The number of hydrogen-bond donors (Lipinski definition) is 0. The Morgan fingerprint density at radius 2 is 1.68 bits per heavy atom. The summed E-state index contributed by atoms with van der Waals surface area (Å²) in [7, 11) is -3.29. The highest BCUT2D eigenvalue weighted by Gasteiger charge is 2.36. The first kappa shape index (κ1) is 21.3. The van der Waals surface area contributed by atoms with Crippen LogP contribution in [0, 0.1) is 0 Å². The molecule has 1 fully saturated rings. The molecule has 31 heavy (non-hydrogen) atoms. The summed E-state index contributed by atoms with van der Waals surface area (Å²) in [5.74, 6) is -0.112. The molecule has 2 aromatic carbocycles. The maximum atomic E-state index is 12.9. The van der Waals surface area contributed by atoms with E-state index in [0.717, 1.165) is 17.4 Å². The van der Waals surface area contributed by atoms with E-state index in [1.807, 2.05) is 19.1 Å². The Kier molecular flexibility index (Phi) is 5.49. The Hall–Kier alpha value is -2.91. The van der Waals surface area contributed by atoms with Gasteiger partial charge in [-0.2, -0.15) is 0 Å². The minimum absolute atomic E-state index is 0.112. The molecule has 0 aliphatic carbocycles. The van der Waals surface area contributed by atoms with E-state index in [9.17, 15) is 18.0 Å². The first-order valence-corrected chi connectivity index (χ1v) is 11.8. The number of anilines is 2. The molecule has 0 aromatic heterocycles. The third-order valence-electron chi connectivity index (χ3n) is 5.46. The Bertz CT molecular complexity index is 1130. The predicted octanol–water partition coefficient (Wildman–Crippen LogP) is 2.85. The van der Waals surface area contributed by atoms with Gasteiger partial charge in [-0.3, -0.25) is 9.69 Å². The van der Waals surface area contributed by atoms with Crippen LogP contribution >= 0.6 is 0 Å². The predicted molar refractivity (Wildman–Crippen MR) is 116 cm³/mol. The van der Waals surface area contributed by atoms with Crippen molar-refractivity contribution in [2.24, 2.45) is 0 Å². The smallest absolute Gasteiger partial charge is 0.414 e. The normalized spacial score (nSPS) is 18.9. The lowest BCUT2D eigenvalue weighted by molar-refractivity contribution is -0.117. The molecule has 2 aliphatic rings. The summed E-state index contributed by atoms with van der Waals surface area (Å²) in [6.45, 7) is 4.45. The third-order valence-corrected chi connectivity index (χ3v) is 6.59. The van der Waals surface area contributed by atoms with Crippen molar-refractivity contribution in [3.05, 3.63) is 42.5 Å². The van der Waals surface area contributed by atoms with Gasteiger partial charge in [-0.05, 0) is 42.3 Å². The molecule has 9 heteroatoms. The van der Waals surface area contributed by atoms with E-state index in [0.29, 0.717) is 31.1 Å². The van der Waals surface area contributed by atoms with Gasteiger partial charge < -0.3 is 14.4 Å². The highest BCUT2D eigenvalue weighted by molar-refractivity contribution is 7.90. The lowest BCUT2D eigenvalue weighted by Gasteiger charge is -2.41. The zero-order valence-corrected chi connectivity index (χ0v) is 18.4. The standard InChI is InChI=1S/C22H24N2O6S/c1-14-11-23(22(26)30-18-12-29-13-18)21-10-17(6-9-20(21)24(14)15(2)25)16-4-7-19(8-5-16)31(3,27)28/h4-10,14,18H,11-13H2,1-3H3/t14-/m0/s1. The second kappa shape index (κ2) is 7.97. The van der Waals surface area contributed by atoms with Crippen molar-refractivity contribution in [2.45, 2.75) is 30.9 Å². The maximum absolute atomic E-state index is 12.9. The van der Waals surface area contributed by atoms with Crippen LogP contribution in [-0.4, -0.2) is 58.6 Å². The van der Waals surface area contributed by atoms with Gasteiger partial charge in [-0.25, -0.2) is 13.2 Å². The molecule has 0 N–H and O–H groups in total. The molecule has 0 bridgehead atoms. The highest BCUT2D eigenvalue weighted by Crippen LogP contribution is 2.39. The van der Waals surface area contributed by atoms with Gasteiger partial charge in [-0.1, -0.05) is 18.2 Å². The van der Waals surface area contributed by atoms with Crippen LogP contribution in [0.4, 0.5) is 16.2 Å². The van der Waals surface area contributed by atoms with E-state index in [2.05, 4.69) is 0 Å². The summed E-state index contributed by atoms with van der Waals surface area (Å²) >= 11 is 0. The SMILES string of the molecule is CC(=O)N1c2ccc(-c3ccc(S(C)(=O)=O)cc3)cc2N(C(=O)OC2COC2)C[C@@H]1C. The zero-order valence-electron chi connectivity index (χ0n) is 17.6. The summed E-state index contributed by atoms with van der Waals surface area (Å²) in [5, 5.41) is 0. The topological polar surface area (TPSA) is 93.2 Å². The fraction of sp³-hybridized carbons (Fsp3) is 0.364. The second-order valence-electron chi connectivity index (χ2n) is 7.89. The number of nitrogens with zero attached hydrogens (tertiary/aromatic N) is 2. The molecular formula is C22H24N2O6S. The molecule has 1 saturated heterocycles. The van der Waals surface area contributed by atoms with E-state index in [1.165, 1.54) is 6.92 Å². The van der Waals surface area contributed by atoms with Crippen molar-refractivity contribution in [2.75, 3.05) is 35.8 Å². The Morgan fingerprint density at radius 1 is 1.03 bits per heavy atom. The third kappa shape index (κ3) is 4.15. The van der Waals surface area contributed by atoms with Crippen LogP contribution < -0.4 is 9.80 Å². The van der Waals surface area contributed by atoms with Crippen LogP contribution in [0.25, 0.3) is 11.1 Å². The van der Waals surface area contributed by atoms with Crippen LogP contribution in [0.1, 0.15) is 13.8 Å². The Morgan fingerprint density at radius 3 is 2.23 bits per heavy atom. The van der Waals surface area contributed by atoms with Crippen LogP contribution in [0.15, 0.2) is 47.4 Å². The number of fused-ring (bicyclic) bond motifs is 1. The van der Waals surface area contributed by atoms with Crippen LogP contribution in [0.5, 0.6) is 0 Å². The van der Waals surface area contributed by atoms with Crippen molar-refractivity contribution in [3.8, 4) is 11.1 Å². The summed E-state index contributed by atoms with van der Waals surface area (Å²) in [6, 6.07) is 11.8. The van der Waals surface area contributed by atoms with Gasteiger partial charge in [0.25, 0.3) is 0 Å². The summed E-state index contributed by atoms with van der Waals surface area (Å²) < 4.78 is 34.1. The molecule has 0 spiro atoms. The monoisotopic (exact) mass is 444 g/mol. The zero-order chi connectivity index (χ0) is 22.3. The Balaban J connectivity index is 1.73. The van der Waals surface area contributed by atoms with Gasteiger partial charge in [0.15, 0.2) is 15.9 Å². The second-order valence-corrected chi connectivity index (χ2v) is 9.91. The molecule has 0 saturated carbocycles. The van der Waals surface area contributed by atoms with Gasteiger partial charge in [-0.15, -0.1) is 0 Å². The van der Waals surface area contributed by atoms with Gasteiger partial charge in [0.1, 0.15) is 0 Å². The number of carbonyl (C=O) groups excluding carboxylic acids is 2. The number of amides is 2. The quantitative estimate of drug-likeness (QED) is 0.723. The molecular weight excluding hydrogens is 420 g/mol. The van der Waals surface area contributed by atoms with E-state index < -0.39 is 15.9 Å². The fourth-order valence-corrected chi connectivity index (χ4v) is 4.47. The number of rotatable bonds is 3. The van der Waals surface area contributed by atoms with Gasteiger partial charge >= 0.3 is 6.09 Å². The molecule has 2 amide bonds. The van der Waals surface area contributed by atoms with Crippen LogP contribution in [0.2, 0.25) is 0 Å². The van der Waals surface area contributed by atoms with E-state index >= 15 is 0 Å². The molecule has 2 heterocycles. The highest BCUT2D eigenvalue weighted by atomic mass is 32.2. The van der Waals surface area contributed by atoms with Crippen molar-refractivity contribution in [3.63, 3.8) is 0 Å². The fourth-order valence-electron chi connectivity index (χ4n) is 3.84.